The van der Waals surface area contributed by atoms with E-state index in [0.717, 1.165) is 31.6 Å². The van der Waals surface area contributed by atoms with Gasteiger partial charge in [0.25, 0.3) is 0 Å². The number of nitrogens with zero attached hydrogens (tertiary/aromatic N) is 1. The molecular weight excluding hydrogens is 285 g/mol. The van der Waals surface area contributed by atoms with Crippen LogP contribution in [0.3, 0.4) is 0 Å². The fraction of sp³-hybridized carbons (Fsp3) is 0.615. The van der Waals surface area contributed by atoms with Crippen LogP contribution in [0.25, 0.3) is 0 Å². The Balaban J connectivity index is 1.88. The second kappa shape index (κ2) is 7.41. The van der Waals surface area contributed by atoms with Gasteiger partial charge < -0.3 is 4.74 Å². The Morgan fingerprint density at radius 1 is 1.53 bits per heavy atom. The van der Waals surface area contributed by atoms with Crippen LogP contribution in [0.15, 0.2) is 12.3 Å². The van der Waals surface area contributed by atoms with Gasteiger partial charge in [-0.15, -0.1) is 0 Å². The molecule has 1 aromatic heterocycles. The second-order valence-electron chi connectivity index (χ2n) is 4.81. The third-order valence-corrected chi connectivity index (χ3v) is 3.92. The summed E-state index contributed by atoms with van der Waals surface area (Å²) in [5.74, 6) is 5.59. The molecule has 2 unspecified atom stereocenters. The molecule has 3 N–H and O–H groups in total. The van der Waals surface area contributed by atoms with E-state index in [4.69, 9.17) is 33.8 Å². The number of pyridine rings is 1. The Labute approximate surface area is 123 Å². The van der Waals surface area contributed by atoms with E-state index in [1.54, 1.807) is 12.3 Å². The molecule has 1 fully saturated rings. The van der Waals surface area contributed by atoms with Crippen molar-refractivity contribution in [1.29, 1.82) is 0 Å². The lowest BCUT2D eigenvalue weighted by Crippen LogP contribution is -2.29. The molecule has 0 saturated carbocycles. The third-order valence-electron chi connectivity index (χ3n) is 3.41. The summed E-state index contributed by atoms with van der Waals surface area (Å²) in [6, 6.07) is 1.64. The van der Waals surface area contributed by atoms with Crippen molar-refractivity contribution in [2.45, 2.75) is 44.2 Å². The van der Waals surface area contributed by atoms with Crippen LogP contribution in [-0.2, 0) is 4.74 Å². The van der Waals surface area contributed by atoms with Crippen LogP contribution >= 0.6 is 23.2 Å². The molecule has 2 atom stereocenters. The molecule has 106 valence electrons. The zero-order valence-corrected chi connectivity index (χ0v) is 12.3. The number of hydrogen-bond donors (Lipinski definition) is 2. The van der Waals surface area contributed by atoms with Gasteiger partial charge in [0.05, 0.1) is 27.9 Å². The topological polar surface area (TPSA) is 60.2 Å². The smallest absolute Gasteiger partial charge is 0.0773 e. The predicted octanol–water partition coefficient (Wildman–Crippen LogP) is 3.24. The minimum absolute atomic E-state index is 0.0498. The van der Waals surface area contributed by atoms with Gasteiger partial charge in [-0.3, -0.25) is 16.3 Å². The molecule has 0 bridgehead atoms. The van der Waals surface area contributed by atoms with Crippen LogP contribution in [0.1, 0.15) is 43.8 Å². The van der Waals surface area contributed by atoms with Crippen LogP contribution in [0.5, 0.6) is 0 Å². The molecule has 0 aliphatic carbocycles. The van der Waals surface area contributed by atoms with Gasteiger partial charge in [0.2, 0.25) is 0 Å². The number of rotatable bonds is 6. The van der Waals surface area contributed by atoms with Crippen molar-refractivity contribution in [3.63, 3.8) is 0 Å². The van der Waals surface area contributed by atoms with Gasteiger partial charge >= 0.3 is 0 Å². The van der Waals surface area contributed by atoms with E-state index in [-0.39, 0.29) is 6.04 Å². The van der Waals surface area contributed by atoms with Gasteiger partial charge in [-0.05, 0) is 38.2 Å². The Morgan fingerprint density at radius 2 is 2.37 bits per heavy atom. The Bertz CT molecular complexity index is 411. The molecular formula is C13H19Cl2N3O. The molecule has 19 heavy (non-hydrogen) atoms. The standard InChI is InChI=1S/C13H19Cl2N3O/c14-9-7-11(15)13(17-8-9)12(18-16)5-1-3-10-4-2-6-19-10/h7-8,10,12,18H,1-6,16H2. The molecule has 1 saturated heterocycles. The number of ether oxygens (including phenoxy) is 1. The maximum atomic E-state index is 6.14. The lowest BCUT2D eigenvalue weighted by atomic mass is 10.0. The van der Waals surface area contributed by atoms with E-state index in [1.807, 2.05) is 0 Å². The number of hydrogen-bond acceptors (Lipinski definition) is 4. The normalized spacial score (nSPS) is 20.7. The molecule has 1 aliphatic rings. The molecule has 2 rings (SSSR count). The fourth-order valence-corrected chi connectivity index (χ4v) is 2.91. The SMILES string of the molecule is NNC(CCCC1CCCO1)c1ncc(Cl)cc1Cl. The van der Waals surface area contributed by atoms with Crippen LogP contribution in [0, 0.1) is 0 Å². The molecule has 1 aliphatic heterocycles. The maximum Gasteiger partial charge on any atom is 0.0773 e. The van der Waals surface area contributed by atoms with E-state index in [0.29, 0.717) is 16.1 Å². The summed E-state index contributed by atoms with van der Waals surface area (Å²) in [7, 11) is 0. The number of nitrogens with one attached hydrogen (secondary N) is 1. The quantitative estimate of drug-likeness (QED) is 0.625. The zero-order chi connectivity index (χ0) is 13.7. The molecule has 0 spiro atoms. The lowest BCUT2D eigenvalue weighted by Gasteiger charge is -2.17. The molecule has 0 aromatic carbocycles. The van der Waals surface area contributed by atoms with Crippen LogP contribution in [-0.4, -0.2) is 17.7 Å². The molecule has 0 amide bonds. The highest BCUT2D eigenvalue weighted by Crippen LogP contribution is 2.27. The Kier molecular flexibility index (Phi) is 5.85. The summed E-state index contributed by atoms with van der Waals surface area (Å²) in [6.07, 6.45) is 7.31. The highest BCUT2D eigenvalue weighted by atomic mass is 35.5. The number of nitrogens with two attached hydrogens (primary N) is 1. The largest absolute Gasteiger partial charge is 0.378 e. The summed E-state index contributed by atoms with van der Waals surface area (Å²) in [4.78, 5) is 4.26. The molecule has 4 nitrogen and oxygen atoms in total. The van der Waals surface area contributed by atoms with E-state index >= 15 is 0 Å². The van der Waals surface area contributed by atoms with Gasteiger partial charge in [0.1, 0.15) is 0 Å². The predicted molar refractivity (Wildman–Crippen MR) is 77.1 cm³/mol. The maximum absolute atomic E-state index is 6.14. The van der Waals surface area contributed by atoms with Crippen LogP contribution in [0.4, 0.5) is 0 Å². The molecule has 2 heterocycles. The van der Waals surface area contributed by atoms with Crippen LogP contribution in [0.2, 0.25) is 10.0 Å². The first kappa shape index (κ1) is 15.0. The number of hydrazine groups is 1. The zero-order valence-electron chi connectivity index (χ0n) is 10.7. The van der Waals surface area contributed by atoms with Gasteiger partial charge in [0, 0.05) is 12.8 Å². The highest BCUT2D eigenvalue weighted by molar-refractivity contribution is 6.34. The number of aromatic nitrogens is 1. The monoisotopic (exact) mass is 303 g/mol. The minimum Gasteiger partial charge on any atom is -0.378 e. The first-order valence-corrected chi connectivity index (χ1v) is 7.35. The van der Waals surface area contributed by atoms with Gasteiger partial charge in [0.15, 0.2) is 0 Å². The molecule has 1 aromatic rings. The van der Waals surface area contributed by atoms with E-state index in [2.05, 4.69) is 10.4 Å². The number of halogens is 2. The van der Waals surface area contributed by atoms with Gasteiger partial charge in [-0.2, -0.15) is 0 Å². The Morgan fingerprint density at radius 3 is 3.00 bits per heavy atom. The van der Waals surface area contributed by atoms with Gasteiger partial charge in [-0.25, -0.2) is 0 Å². The van der Waals surface area contributed by atoms with Crippen molar-refractivity contribution in [2.24, 2.45) is 5.84 Å². The first-order valence-electron chi connectivity index (χ1n) is 6.59. The summed E-state index contributed by atoms with van der Waals surface area (Å²) in [6.45, 7) is 0.897. The molecule has 0 radical (unpaired) electrons. The van der Waals surface area contributed by atoms with E-state index in [9.17, 15) is 0 Å². The Hall–Kier alpha value is -0.390. The van der Waals surface area contributed by atoms with Crippen molar-refractivity contribution in [1.82, 2.24) is 10.4 Å². The summed E-state index contributed by atoms with van der Waals surface area (Å²) >= 11 is 12.0. The van der Waals surface area contributed by atoms with E-state index in [1.165, 1.54) is 12.8 Å². The van der Waals surface area contributed by atoms with Crippen molar-refractivity contribution in [2.75, 3.05) is 6.61 Å². The van der Waals surface area contributed by atoms with E-state index < -0.39 is 0 Å². The average molecular weight is 304 g/mol. The first-order chi connectivity index (χ1) is 9.20. The summed E-state index contributed by atoms with van der Waals surface area (Å²) in [5.41, 5.74) is 3.52. The second-order valence-corrected chi connectivity index (χ2v) is 5.65. The minimum atomic E-state index is -0.0498. The molecule has 6 heteroatoms. The van der Waals surface area contributed by atoms with Gasteiger partial charge in [-0.1, -0.05) is 23.2 Å². The third kappa shape index (κ3) is 4.29. The highest BCUT2D eigenvalue weighted by Gasteiger charge is 2.18. The van der Waals surface area contributed by atoms with Crippen LogP contribution < -0.4 is 11.3 Å². The lowest BCUT2D eigenvalue weighted by molar-refractivity contribution is 0.101. The van der Waals surface area contributed by atoms with Crippen molar-refractivity contribution in [3.05, 3.63) is 28.0 Å². The summed E-state index contributed by atoms with van der Waals surface area (Å²) < 4.78 is 5.60. The van der Waals surface area contributed by atoms with Crippen molar-refractivity contribution < 1.29 is 4.74 Å². The summed E-state index contributed by atoms with van der Waals surface area (Å²) in [5, 5.41) is 1.08. The fourth-order valence-electron chi connectivity index (χ4n) is 2.40. The van der Waals surface area contributed by atoms with Crippen molar-refractivity contribution >= 4 is 23.2 Å². The average Bonchev–Trinajstić information content (AvgIpc) is 2.89. The van der Waals surface area contributed by atoms with Crippen molar-refractivity contribution in [3.8, 4) is 0 Å².